The van der Waals surface area contributed by atoms with E-state index in [0.29, 0.717) is 11.2 Å². The van der Waals surface area contributed by atoms with Gasteiger partial charge in [0.15, 0.2) is 0 Å². The Morgan fingerprint density at radius 3 is 3.20 bits per heavy atom. The maximum absolute atomic E-state index is 9.19. The first-order valence-electron chi connectivity index (χ1n) is 5.25. The van der Waals surface area contributed by atoms with E-state index in [1.54, 1.807) is 6.20 Å². The molecule has 1 aliphatic heterocycles. The number of aliphatic hydroxyl groups excluding tert-OH is 1. The molecule has 0 aromatic carbocycles. The summed E-state index contributed by atoms with van der Waals surface area (Å²) >= 11 is 5.99. The molecule has 0 amide bonds. The molecule has 1 saturated heterocycles. The van der Waals surface area contributed by atoms with Crippen LogP contribution in [0.1, 0.15) is 18.4 Å². The van der Waals surface area contributed by atoms with Crippen LogP contribution in [0.5, 0.6) is 0 Å². The Morgan fingerprint density at radius 2 is 2.47 bits per heavy atom. The van der Waals surface area contributed by atoms with E-state index in [0.717, 1.165) is 31.5 Å². The van der Waals surface area contributed by atoms with Crippen molar-refractivity contribution in [3.05, 3.63) is 29.0 Å². The van der Waals surface area contributed by atoms with Crippen molar-refractivity contribution < 1.29 is 5.11 Å². The van der Waals surface area contributed by atoms with E-state index in [1.165, 1.54) is 0 Å². The zero-order chi connectivity index (χ0) is 10.7. The summed E-state index contributed by atoms with van der Waals surface area (Å²) < 4.78 is 0. The second kappa shape index (κ2) is 4.92. The number of halogens is 1. The summed E-state index contributed by atoms with van der Waals surface area (Å²) in [6.45, 7) is 2.06. The van der Waals surface area contributed by atoms with Gasteiger partial charge in [0, 0.05) is 24.3 Å². The molecular weight excluding hydrogens is 212 g/mol. The van der Waals surface area contributed by atoms with Crippen LogP contribution < -0.4 is 0 Å². The number of aromatic nitrogens is 1. The molecule has 1 atom stereocenters. The van der Waals surface area contributed by atoms with Crippen molar-refractivity contribution >= 4 is 11.6 Å². The minimum atomic E-state index is 0.234. The Bertz CT molecular complexity index is 332. The molecule has 15 heavy (non-hydrogen) atoms. The van der Waals surface area contributed by atoms with Gasteiger partial charge in [0.2, 0.25) is 0 Å². The molecule has 0 unspecified atom stereocenters. The lowest BCUT2D eigenvalue weighted by molar-refractivity contribution is 0.153. The van der Waals surface area contributed by atoms with Crippen molar-refractivity contribution in [1.29, 1.82) is 0 Å². The van der Waals surface area contributed by atoms with Gasteiger partial charge in [-0.05, 0) is 25.5 Å². The Kier molecular flexibility index (Phi) is 3.57. The quantitative estimate of drug-likeness (QED) is 0.797. The third kappa shape index (κ3) is 2.48. The van der Waals surface area contributed by atoms with Gasteiger partial charge in [-0.1, -0.05) is 17.7 Å². The Labute approximate surface area is 94.7 Å². The highest BCUT2D eigenvalue weighted by atomic mass is 35.5. The number of pyridine rings is 1. The number of rotatable bonds is 3. The summed E-state index contributed by atoms with van der Waals surface area (Å²) in [6, 6.07) is 4.18. The van der Waals surface area contributed by atoms with E-state index in [1.807, 2.05) is 12.1 Å². The first-order valence-corrected chi connectivity index (χ1v) is 5.63. The maximum atomic E-state index is 9.19. The van der Waals surface area contributed by atoms with Crippen molar-refractivity contribution in [3.8, 4) is 0 Å². The van der Waals surface area contributed by atoms with Gasteiger partial charge >= 0.3 is 0 Å². The average molecular weight is 227 g/mol. The molecule has 0 spiro atoms. The molecule has 2 heterocycles. The normalized spacial score (nSPS) is 22.1. The molecule has 1 aromatic heterocycles. The second-order valence-corrected chi connectivity index (χ2v) is 4.26. The lowest BCUT2D eigenvalue weighted by atomic mass is 10.2. The van der Waals surface area contributed by atoms with Crippen LogP contribution in [0.3, 0.4) is 0 Å². The first kappa shape index (κ1) is 10.9. The van der Waals surface area contributed by atoms with E-state index >= 15 is 0 Å². The van der Waals surface area contributed by atoms with Gasteiger partial charge in [-0.15, -0.1) is 0 Å². The van der Waals surface area contributed by atoms with Crippen molar-refractivity contribution in [2.75, 3.05) is 13.2 Å². The Hall–Kier alpha value is -0.640. The lowest BCUT2D eigenvalue weighted by Gasteiger charge is -2.22. The Morgan fingerprint density at radius 1 is 1.60 bits per heavy atom. The third-order valence-corrected chi connectivity index (χ3v) is 3.26. The van der Waals surface area contributed by atoms with Gasteiger partial charge in [0.1, 0.15) is 5.15 Å². The smallest absolute Gasteiger partial charge is 0.133 e. The van der Waals surface area contributed by atoms with Crippen LogP contribution in [0.2, 0.25) is 5.15 Å². The van der Waals surface area contributed by atoms with Gasteiger partial charge in [0.25, 0.3) is 0 Å². The monoisotopic (exact) mass is 226 g/mol. The molecule has 0 bridgehead atoms. The highest BCUT2D eigenvalue weighted by molar-refractivity contribution is 6.30. The van der Waals surface area contributed by atoms with Crippen LogP contribution in [0, 0.1) is 0 Å². The molecule has 4 heteroatoms. The standard InChI is InChI=1S/C11H15ClN2O/c12-11-9(3-1-5-13-11)7-14-6-2-4-10(14)8-15/h1,3,5,10,15H,2,4,6-8H2/t10-/m0/s1. The molecule has 0 radical (unpaired) electrons. The molecule has 0 aliphatic carbocycles. The molecule has 1 aliphatic rings. The fourth-order valence-corrected chi connectivity index (χ4v) is 2.25. The van der Waals surface area contributed by atoms with Crippen LogP contribution >= 0.6 is 11.6 Å². The molecule has 82 valence electrons. The predicted octanol–water partition coefficient (Wildman–Crippen LogP) is 1.69. The van der Waals surface area contributed by atoms with E-state index in [-0.39, 0.29) is 6.61 Å². The molecule has 1 aromatic rings. The second-order valence-electron chi connectivity index (χ2n) is 3.90. The van der Waals surface area contributed by atoms with Gasteiger partial charge in [0.05, 0.1) is 6.61 Å². The minimum absolute atomic E-state index is 0.234. The predicted molar refractivity (Wildman–Crippen MR) is 59.8 cm³/mol. The lowest BCUT2D eigenvalue weighted by Crippen LogP contribution is -2.31. The molecule has 3 nitrogen and oxygen atoms in total. The molecule has 1 N–H and O–H groups in total. The summed E-state index contributed by atoms with van der Waals surface area (Å²) in [7, 11) is 0. The van der Waals surface area contributed by atoms with Crippen LogP contribution in [-0.4, -0.2) is 34.2 Å². The van der Waals surface area contributed by atoms with Gasteiger partial charge < -0.3 is 5.11 Å². The summed E-state index contributed by atoms with van der Waals surface area (Å²) in [5.41, 5.74) is 1.04. The Balaban J connectivity index is 2.05. The number of hydrogen-bond donors (Lipinski definition) is 1. The van der Waals surface area contributed by atoms with Gasteiger partial charge in [-0.2, -0.15) is 0 Å². The van der Waals surface area contributed by atoms with E-state index < -0.39 is 0 Å². The van der Waals surface area contributed by atoms with Gasteiger partial charge in [-0.25, -0.2) is 4.98 Å². The molecular formula is C11H15ClN2O. The van der Waals surface area contributed by atoms with E-state index in [4.69, 9.17) is 11.6 Å². The molecule has 0 saturated carbocycles. The van der Waals surface area contributed by atoms with Crippen molar-refractivity contribution in [2.45, 2.75) is 25.4 Å². The van der Waals surface area contributed by atoms with Crippen LogP contribution in [0.25, 0.3) is 0 Å². The zero-order valence-electron chi connectivity index (χ0n) is 8.56. The van der Waals surface area contributed by atoms with Gasteiger partial charge in [-0.3, -0.25) is 4.90 Å². The van der Waals surface area contributed by atoms with Crippen LogP contribution in [-0.2, 0) is 6.54 Å². The number of nitrogens with zero attached hydrogens (tertiary/aromatic N) is 2. The number of aliphatic hydroxyl groups is 1. The zero-order valence-corrected chi connectivity index (χ0v) is 9.32. The van der Waals surface area contributed by atoms with Crippen LogP contribution in [0.4, 0.5) is 0 Å². The molecule has 1 fully saturated rings. The first-order chi connectivity index (χ1) is 7.31. The van der Waals surface area contributed by atoms with E-state index in [2.05, 4.69) is 9.88 Å². The number of likely N-dealkylation sites (tertiary alicyclic amines) is 1. The highest BCUT2D eigenvalue weighted by Crippen LogP contribution is 2.21. The van der Waals surface area contributed by atoms with Crippen molar-refractivity contribution in [2.24, 2.45) is 0 Å². The highest BCUT2D eigenvalue weighted by Gasteiger charge is 2.24. The van der Waals surface area contributed by atoms with Crippen molar-refractivity contribution in [3.63, 3.8) is 0 Å². The fraction of sp³-hybridized carbons (Fsp3) is 0.545. The summed E-state index contributed by atoms with van der Waals surface area (Å²) in [5, 5.41) is 9.76. The minimum Gasteiger partial charge on any atom is -0.395 e. The maximum Gasteiger partial charge on any atom is 0.133 e. The SMILES string of the molecule is OC[C@@H]1CCCN1Cc1cccnc1Cl. The summed E-state index contributed by atoms with van der Waals surface area (Å²) in [4.78, 5) is 6.32. The average Bonchev–Trinajstić information content (AvgIpc) is 2.69. The summed E-state index contributed by atoms with van der Waals surface area (Å²) in [6.07, 6.45) is 3.93. The third-order valence-electron chi connectivity index (χ3n) is 2.92. The number of hydrogen-bond acceptors (Lipinski definition) is 3. The summed E-state index contributed by atoms with van der Waals surface area (Å²) in [5.74, 6) is 0. The largest absolute Gasteiger partial charge is 0.395 e. The molecule has 2 rings (SSSR count). The van der Waals surface area contributed by atoms with Crippen molar-refractivity contribution in [1.82, 2.24) is 9.88 Å². The fourth-order valence-electron chi connectivity index (χ4n) is 2.07. The van der Waals surface area contributed by atoms with Crippen LogP contribution in [0.15, 0.2) is 18.3 Å². The topological polar surface area (TPSA) is 36.4 Å². The van der Waals surface area contributed by atoms with E-state index in [9.17, 15) is 5.11 Å².